The standard InChI is InChI=1S/C18H25N3O3S/c1-6-7-8-9-10-19-16(22)14-11-20-17(25-14)24-15-12-21(13(2)23-15)18(3,4)5/h1,11,15H,2,7-10,12H2,3-5H3,(H,19,22). The smallest absolute Gasteiger partial charge is 0.277 e. The molecule has 2 heterocycles. The summed E-state index contributed by atoms with van der Waals surface area (Å²) in [6.45, 7) is 11.3. The van der Waals surface area contributed by atoms with Crippen molar-refractivity contribution in [2.45, 2.75) is 51.9 Å². The third kappa shape index (κ3) is 5.40. The fourth-order valence-corrected chi connectivity index (χ4v) is 3.10. The summed E-state index contributed by atoms with van der Waals surface area (Å²) in [5, 5.41) is 3.26. The van der Waals surface area contributed by atoms with Crippen LogP contribution in [0.2, 0.25) is 0 Å². The van der Waals surface area contributed by atoms with Crippen molar-refractivity contribution >= 4 is 17.2 Å². The minimum atomic E-state index is -0.474. The third-order valence-corrected chi connectivity index (χ3v) is 4.57. The van der Waals surface area contributed by atoms with Gasteiger partial charge in [-0.05, 0) is 40.2 Å². The fraction of sp³-hybridized carbons (Fsp3) is 0.556. The summed E-state index contributed by atoms with van der Waals surface area (Å²) in [4.78, 5) is 18.8. The minimum absolute atomic E-state index is 0.0947. The lowest BCUT2D eigenvalue weighted by Crippen LogP contribution is -2.39. The van der Waals surface area contributed by atoms with Crippen LogP contribution in [-0.2, 0) is 4.74 Å². The van der Waals surface area contributed by atoms with Crippen LogP contribution >= 0.6 is 11.3 Å². The van der Waals surface area contributed by atoms with E-state index in [1.54, 1.807) is 0 Å². The monoisotopic (exact) mass is 363 g/mol. The van der Waals surface area contributed by atoms with Crippen LogP contribution in [0.3, 0.4) is 0 Å². The zero-order valence-corrected chi connectivity index (χ0v) is 15.8. The summed E-state index contributed by atoms with van der Waals surface area (Å²) < 4.78 is 11.4. The van der Waals surface area contributed by atoms with Gasteiger partial charge in [-0.15, -0.1) is 12.3 Å². The summed E-state index contributed by atoms with van der Waals surface area (Å²) in [6.07, 6.45) is 8.73. The van der Waals surface area contributed by atoms with Crippen LogP contribution in [0.25, 0.3) is 0 Å². The molecule has 1 atom stereocenters. The van der Waals surface area contributed by atoms with E-state index in [1.165, 1.54) is 17.5 Å². The molecule has 0 saturated carbocycles. The molecule has 0 bridgehead atoms. The molecule has 25 heavy (non-hydrogen) atoms. The number of unbranched alkanes of at least 4 members (excludes halogenated alkanes) is 2. The van der Waals surface area contributed by atoms with Crippen molar-refractivity contribution in [2.24, 2.45) is 0 Å². The van der Waals surface area contributed by atoms with Crippen LogP contribution in [0.1, 0.15) is 49.7 Å². The van der Waals surface area contributed by atoms with E-state index < -0.39 is 6.29 Å². The zero-order chi connectivity index (χ0) is 18.4. The van der Waals surface area contributed by atoms with Gasteiger partial charge in [0.1, 0.15) is 4.88 Å². The molecule has 1 fully saturated rings. The van der Waals surface area contributed by atoms with Crippen molar-refractivity contribution in [2.75, 3.05) is 13.1 Å². The molecule has 0 spiro atoms. The number of nitrogens with zero attached hydrogens (tertiary/aromatic N) is 2. The number of rotatable bonds is 7. The van der Waals surface area contributed by atoms with Crippen LogP contribution < -0.4 is 10.1 Å². The maximum Gasteiger partial charge on any atom is 0.277 e. The Hall–Kier alpha value is -2.20. The Morgan fingerprint density at radius 3 is 3.00 bits per heavy atom. The van der Waals surface area contributed by atoms with Gasteiger partial charge in [-0.25, -0.2) is 4.98 Å². The number of aromatic nitrogens is 1. The van der Waals surface area contributed by atoms with E-state index >= 15 is 0 Å². The molecule has 1 aromatic heterocycles. The molecule has 2 rings (SSSR count). The topological polar surface area (TPSA) is 63.7 Å². The number of nitrogens with one attached hydrogen (secondary N) is 1. The van der Waals surface area contributed by atoms with Crippen molar-refractivity contribution in [1.29, 1.82) is 0 Å². The largest absolute Gasteiger partial charge is 0.438 e. The highest BCUT2D eigenvalue weighted by molar-refractivity contribution is 7.15. The van der Waals surface area contributed by atoms with Gasteiger partial charge in [0.15, 0.2) is 5.88 Å². The Morgan fingerprint density at radius 1 is 1.60 bits per heavy atom. The van der Waals surface area contributed by atoms with E-state index in [0.29, 0.717) is 29.0 Å². The molecule has 1 unspecified atom stereocenters. The van der Waals surface area contributed by atoms with Gasteiger partial charge in [0.2, 0.25) is 0 Å². The Balaban J connectivity index is 1.83. The van der Waals surface area contributed by atoms with E-state index in [1.807, 2.05) is 4.90 Å². The first-order valence-electron chi connectivity index (χ1n) is 8.28. The van der Waals surface area contributed by atoms with E-state index in [4.69, 9.17) is 15.9 Å². The number of hydrogen-bond donors (Lipinski definition) is 1. The van der Waals surface area contributed by atoms with Gasteiger partial charge in [0.05, 0.1) is 12.7 Å². The zero-order valence-electron chi connectivity index (χ0n) is 15.0. The number of terminal acetylenes is 1. The SMILES string of the molecule is C#CCCCCNC(=O)c1cnc(OC2CN(C(C)(C)C)C(=C)O2)s1. The van der Waals surface area contributed by atoms with Gasteiger partial charge in [-0.3, -0.25) is 4.79 Å². The predicted molar refractivity (Wildman–Crippen MR) is 98.2 cm³/mol. The Morgan fingerprint density at radius 2 is 2.36 bits per heavy atom. The molecule has 1 aliphatic rings. The summed E-state index contributed by atoms with van der Waals surface area (Å²) in [7, 11) is 0. The lowest BCUT2D eigenvalue weighted by molar-refractivity contribution is -0.00479. The number of carbonyl (C=O) groups excluding carboxylic acids is 1. The molecule has 1 aliphatic heterocycles. The van der Waals surface area contributed by atoms with E-state index in [2.05, 4.69) is 43.6 Å². The fourth-order valence-electron chi connectivity index (χ4n) is 2.38. The maximum absolute atomic E-state index is 12.1. The van der Waals surface area contributed by atoms with E-state index in [0.717, 1.165) is 19.3 Å². The number of carbonyl (C=O) groups is 1. The molecular formula is C18H25N3O3S. The van der Waals surface area contributed by atoms with Gasteiger partial charge >= 0.3 is 0 Å². The molecular weight excluding hydrogens is 338 g/mol. The maximum atomic E-state index is 12.1. The lowest BCUT2D eigenvalue weighted by Gasteiger charge is -2.31. The molecule has 1 amide bonds. The third-order valence-electron chi connectivity index (χ3n) is 3.68. The van der Waals surface area contributed by atoms with Gasteiger partial charge < -0.3 is 19.7 Å². The van der Waals surface area contributed by atoms with Crippen molar-refractivity contribution in [1.82, 2.24) is 15.2 Å². The summed E-state index contributed by atoms with van der Waals surface area (Å²) in [6, 6.07) is 0. The first-order chi connectivity index (χ1) is 11.8. The van der Waals surface area contributed by atoms with Gasteiger partial charge in [-0.2, -0.15) is 0 Å². The molecule has 1 saturated heterocycles. The number of ether oxygens (including phenoxy) is 2. The molecule has 0 aromatic carbocycles. The van der Waals surface area contributed by atoms with Gasteiger partial charge in [0, 0.05) is 18.5 Å². The van der Waals surface area contributed by atoms with Crippen molar-refractivity contribution < 1.29 is 14.3 Å². The van der Waals surface area contributed by atoms with Crippen LogP contribution in [0.5, 0.6) is 5.19 Å². The summed E-state index contributed by atoms with van der Waals surface area (Å²) in [5.74, 6) is 3.01. The molecule has 1 N–H and O–H groups in total. The Bertz CT molecular complexity index is 657. The van der Waals surface area contributed by atoms with E-state index in [9.17, 15) is 4.79 Å². The lowest BCUT2D eigenvalue weighted by atomic mass is 10.1. The molecule has 7 heteroatoms. The summed E-state index contributed by atoms with van der Waals surface area (Å²) >= 11 is 1.20. The van der Waals surface area contributed by atoms with Crippen LogP contribution in [-0.4, -0.2) is 40.7 Å². The van der Waals surface area contributed by atoms with Gasteiger partial charge in [0.25, 0.3) is 17.4 Å². The Labute approximate surface area is 153 Å². The van der Waals surface area contributed by atoms with E-state index in [-0.39, 0.29) is 11.4 Å². The molecule has 1 aromatic rings. The average molecular weight is 363 g/mol. The minimum Gasteiger partial charge on any atom is -0.438 e. The number of thiazole rings is 1. The number of amides is 1. The van der Waals surface area contributed by atoms with Crippen LogP contribution in [0, 0.1) is 12.3 Å². The van der Waals surface area contributed by atoms with Crippen molar-refractivity contribution in [3.8, 4) is 17.5 Å². The highest BCUT2D eigenvalue weighted by atomic mass is 32.1. The average Bonchev–Trinajstić information content (AvgIpc) is 3.13. The van der Waals surface area contributed by atoms with Gasteiger partial charge in [-0.1, -0.05) is 11.3 Å². The Kier molecular flexibility index (Phi) is 6.32. The highest BCUT2D eigenvalue weighted by Gasteiger charge is 2.35. The molecule has 136 valence electrons. The normalized spacial score (nSPS) is 17.1. The molecule has 0 radical (unpaired) electrons. The second kappa shape index (κ2) is 8.26. The van der Waals surface area contributed by atoms with Crippen LogP contribution in [0.4, 0.5) is 0 Å². The molecule has 0 aliphatic carbocycles. The first kappa shape index (κ1) is 19.1. The van der Waals surface area contributed by atoms with Crippen molar-refractivity contribution in [3.05, 3.63) is 23.5 Å². The summed E-state index contributed by atoms with van der Waals surface area (Å²) in [5.41, 5.74) is -0.0947. The number of hydrogen-bond acceptors (Lipinski definition) is 6. The quantitative estimate of drug-likeness (QED) is 0.596. The predicted octanol–water partition coefficient (Wildman–Crippen LogP) is 2.98. The highest BCUT2D eigenvalue weighted by Crippen LogP contribution is 2.30. The van der Waals surface area contributed by atoms with Crippen LogP contribution in [0.15, 0.2) is 18.7 Å². The second-order valence-corrected chi connectivity index (χ2v) is 7.74. The molecule has 6 nitrogen and oxygen atoms in total. The first-order valence-corrected chi connectivity index (χ1v) is 9.10. The van der Waals surface area contributed by atoms with Crippen molar-refractivity contribution in [3.63, 3.8) is 0 Å². The second-order valence-electron chi connectivity index (χ2n) is 6.75.